The van der Waals surface area contributed by atoms with Gasteiger partial charge < -0.3 is 38.1 Å². The number of nitrogen functional groups attached to an aromatic ring is 1. The van der Waals surface area contributed by atoms with Crippen molar-refractivity contribution < 1.29 is 50.2 Å². The van der Waals surface area contributed by atoms with Gasteiger partial charge in [-0.15, -0.1) is 0 Å². The number of nitrogens with two attached hydrogens (primary N) is 1. The van der Waals surface area contributed by atoms with Gasteiger partial charge in [0.25, 0.3) is 20.6 Å². The van der Waals surface area contributed by atoms with E-state index in [2.05, 4.69) is 32.2 Å². The highest BCUT2D eigenvalue weighted by atomic mass is 32.7. The molecule has 0 aromatic carbocycles. The van der Waals surface area contributed by atoms with E-state index in [-0.39, 0.29) is 28.0 Å². The summed E-state index contributed by atoms with van der Waals surface area (Å²) in [6.07, 6.45) is -6.38. The Hall–Kier alpha value is -2.78. The maximum atomic E-state index is 16.1. The lowest BCUT2D eigenvalue weighted by molar-refractivity contribution is -0.0587. The minimum Gasteiger partial charge on any atom is -0.382 e. The number of ether oxygens (including phenoxy) is 3. The zero-order chi connectivity index (χ0) is 33.4. The summed E-state index contributed by atoms with van der Waals surface area (Å²) in [5.41, 5.74) is 5.53. The Morgan fingerprint density at radius 1 is 1.02 bits per heavy atom. The molecule has 3 aliphatic heterocycles. The summed E-state index contributed by atoms with van der Waals surface area (Å²) in [6, 6.07) is 0. The van der Waals surface area contributed by atoms with Crippen LogP contribution < -0.4 is 11.3 Å². The largest absolute Gasteiger partial charge is 0.386 e. The Morgan fingerprint density at radius 2 is 1.74 bits per heavy atom. The van der Waals surface area contributed by atoms with Crippen LogP contribution >= 0.6 is 26.5 Å². The van der Waals surface area contributed by atoms with Crippen LogP contribution in [-0.2, 0) is 48.5 Å². The number of rotatable bonds is 3. The topological polar surface area (TPSA) is 208 Å². The first-order valence-corrected chi connectivity index (χ1v) is 18.7. The second-order valence-electron chi connectivity index (χ2n) is 11.1. The van der Waals surface area contributed by atoms with Crippen LogP contribution in [0.1, 0.15) is 12.5 Å². The molecule has 47 heavy (non-hydrogen) atoms. The van der Waals surface area contributed by atoms with Gasteiger partial charge in [-0.05, 0) is 0 Å². The monoisotopic (exact) mass is 718 g/mol. The van der Waals surface area contributed by atoms with Gasteiger partial charge in [0, 0.05) is 20.4 Å². The van der Waals surface area contributed by atoms with E-state index in [1.807, 2.05) is 0 Å². The van der Waals surface area contributed by atoms with E-state index in [9.17, 15) is 18.3 Å². The first-order valence-electron chi connectivity index (χ1n) is 14.0. The zero-order valence-corrected chi connectivity index (χ0v) is 27.4. The number of halogens is 2. The number of aryl methyl sites for hydroxylation is 1. The number of hydrogen-bond acceptors (Lipinski definition) is 15. The molecule has 0 bridgehead atoms. The number of aromatic nitrogens is 7. The number of anilines is 1. The van der Waals surface area contributed by atoms with Crippen LogP contribution in [0.2, 0.25) is 0 Å². The molecule has 3 saturated heterocycles. The van der Waals surface area contributed by atoms with Crippen LogP contribution in [0.3, 0.4) is 0 Å². The van der Waals surface area contributed by atoms with E-state index >= 15 is 4.39 Å². The highest BCUT2D eigenvalue weighted by Gasteiger charge is 2.54. The van der Waals surface area contributed by atoms with Gasteiger partial charge in [0.2, 0.25) is 0 Å². The molecule has 0 aliphatic carbocycles. The van der Waals surface area contributed by atoms with Gasteiger partial charge in [0.15, 0.2) is 41.6 Å². The summed E-state index contributed by atoms with van der Waals surface area (Å²) in [7, 11) is -0.125. The first kappa shape index (κ1) is 32.8. The Morgan fingerprint density at radius 3 is 2.51 bits per heavy atom. The molecule has 0 radical (unpaired) electrons. The molecule has 7 heterocycles. The summed E-state index contributed by atoms with van der Waals surface area (Å²) < 4.78 is 102. The SMILES string of the molecule is BP1(=O)OC[C@H]2O[C@@H](n3cnc4c(N)ncnc43)C(F)C2OP(=O)(S)OC[C@H]2O[C@@H](n3cc(F)c4c(=O)n(C)cnc43)C(OC)C2O1. The highest BCUT2D eigenvalue weighted by molar-refractivity contribution is 8.44. The lowest BCUT2D eigenvalue weighted by atomic mass is 10.1. The summed E-state index contributed by atoms with van der Waals surface area (Å²) in [4.78, 5) is 28.9. The van der Waals surface area contributed by atoms with Gasteiger partial charge in [-0.25, -0.2) is 33.3 Å². The fourth-order valence-corrected chi connectivity index (χ4v) is 8.53. The third-order valence-electron chi connectivity index (χ3n) is 8.05. The number of imidazole rings is 1. The lowest BCUT2D eigenvalue weighted by Gasteiger charge is -2.30. The van der Waals surface area contributed by atoms with Crippen molar-refractivity contribution in [2.45, 2.75) is 49.1 Å². The summed E-state index contributed by atoms with van der Waals surface area (Å²) in [5.74, 6) is -0.802. The van der Waals surface area contributed by atoms with Crippen molar-refractivity contribution in [1.29, 1.82) is 0 Å². The van der Waals surface area contributed by atoms with E-state index < -0.39 is 88.0 Å². The van der Waals surface area contributed by atoms with E-state index in [0.29, 0.717) is 0 Å². The smallest absolute Gasteiger partial charge is 0.382 e. The second kappa shape index (κ2) is 12.0. The van der Waals surface area contributed by atoms with Gasteiger partial charge in [-0.2, -0.15) is 0 Å². The number of thiol groups is 1. The Labute approximate surface area is 269 Å². The summed E-state index contributed by atoms with van der Waals surface area (Å²) >= 11 is 4.06. The average Bonchev–Trinajstić information content (AvgIpc) is 3.76. The molecule has 2 N–H and O–H groups in total. The number of alkyl halides is 1. The lowest BCUT2D eigenvalue weighted by Crippen LogP contribution is -2.39. The molecule has 0 spiro atoms. The molecule has 7 rings (SSSR count). The van der Waals surface area contributed by atoms with Gasteiger partial charge in [0.1, 0.15) is 47.8 Å². The fourth-order valence-electron chi connectivity index (χ4n) is 5.87. The Balaban J connectivity index is 1.19. The molecule has 0 saturated carbocycles. The maximum absolute atomic E-state index is 16.1. The standard InChI is InChI=1S/C23H27BF2N8O10P2S/c1-32-7-31-19-12(21(32)35)9(25)3-33(19)23-17(38-2)16-11(42-23)5-40-46(37,47)44-15-10(4-39-45(24,36)43-16)41-22(13(15)26)34-8-30-14-18(27)28-6-29-20(14)34/h3,6-8,10-11,13,15-17,22-23H,4-5,24H2,1-2H3,(H,37,47)(H2,27,28,29)/t10-,11-,13?,15?,16?,17?,22-,23-,45?,46?/m1/s1. The zero-order valence-electron chi connectivity index (χ0n) is 24.7. The van der Waals surface area contributed by atoms with Crippen LogP contribution in [0.4, 0.5) is 14.6 Å². The molecule has 0 amide bonds. The maximum Gasteiger partial charge on any atom is 0.386 e. The van der Waals surface area contributed by atoms with Crippen molar-refractivity contribution in [2.24, 2.45) is 7.05 Å². The quantitative estimate of drug-likeness (QED) is 0.172. The predicted molar refractivity (Wildman–Crippen MR) is 163 cm³/mol. The molecule has 6 unspecified atom stereocenters. The molecule has 3 aliphatic rings. The van der Waals surface area contributed by atoms with E-state index in [1.54, 1.807) is 0 Å². The fraction of sp³-hybridized carbons (Fsp3) is 0.522. The molecule has 18 nitrogen and oxygen atoms in total. The number of methoxy groups -OCH3 is 1. The molecule has 24 heteroatoms. The van der Waals surface area contributed by atoms with Crippen molar-refractivity contribution in [3.63, 3.8) is 0 Å². The first-order chi connectivity index (χ1) is 22.3. The minimum atomic E-state index is -4.37. The van der Waals surface area contributed by atoms with Crippen LogP contribution in [-0.4, -0.2) is 98.2 Å². The van der Waals surface area contributed by atoms with Crippen molar-refractivity contribution in [3.8, 4) is 0 Å². The summed E-state index contributed by atoms with van der Waals surface area (Å²) in [5, 5.41) is -0.292. The number of hydrogen-bond donors (Lipinski definition) is 2. The average molecular weight is 718 g/mol. The van der Waals surface area contributed by atoms with Crippen molar-refractivity contribution in [1.82, 2.24) is 33.6 Å². The molecule has 10 atom stereocenters. The third kappa shape index (κ3) is 5.73. The third-order valence-corrected chi connectivity index (χ3v) is 10.9. The minimum absolute atomic E-state index is 0.0525. The van der Waals surface area contributed by atoms with Gasteiger partial charge in [0.05, 0.1) is 25.9 Å². The Kier molecular flexibility index (Phi) is 8.35. The molecule has 3 fully saturated rings. The van der Waals surface area contributed by atoms with E-state index in [1.165, 1.54) is 49.8 Å². The van der Waals surface area contributed by atoms with Crippen LogP contribution in [0, 0.1) is 5.82 Å². The van der Waals surface area contributed by atoms with Crippen molar-refractivity contribution in [2.75, 3.05) is 26.1 Å². The molecule has 252 valence electrons. The predicted octanol–water partition coefficient (Wildman–Crippen LogP) is 1.04. The van der Waals surface area contributed by atoms with Crippen molar-refractivity contribution in [3.05, 3.63) is 41.3 Å². The summed E-state index contributed by atoms with van der Waals surface area (Å²) in [6.45, 7) is -5.48. The molecule has 4 aromatic rings. The van der Waals surface area contributed by atoms with Gasteiger partial charge >= 0.3 is 6.80 Å². The second-order valence-corrected chi connectivity index (χ2v) is 16.0. The number of fused-ring (bicyclic) bond motifs is 4. The normalized spacial score (nSPS) is 36.6. The van der Waals surface area contributed by atoms with Crippen LogP contribution in [0.15, 0.2) is 30.0 Å². The van der Waals surface area contributed by atoms with Gasteiger partial charge in [-0.3, -0.25) is 23.0 Å². The van der Waals surface area contributed by atoms with E-state index in [0.717, 1.165) is 10.8 Å². The molecular formula is C23H27BF2N8O10P2S. The Bertz CT molecular complexity index is 2020. The number of nitrogens with zero attached hydrogens (tertiary/aromatic N) is 7. The van der Waals surface area contributed by atoms with Gasteiger partial charge in [-0.1, -0.05) is 12.2 Å². The molecule has 4 aromatic heterocycles. The molecular weight excluding hydrogens is 691 g/mol. The van der Waals surface area contributed by atoms with Crippen LogP contribution in [0.5, 0.6) is 0 Å². The van der Waals surface area contributed by atoms with Crippen molar-refractivity contribution >= 4 is 62.1 Å². The van der Waals surface area contributed by atoms with Crippen LogP contribution in [0.25, 0.3) is 22.2 Å². The van der Waals surface area contributed by atoms with E-state index in [4.69, 9.17) is 38.0 Å². The highest BCUT2D eigenvalue weighted by Crippen LogP contribution is 2.58.